The molecule has 1 aromatic heterocycles. The van der Waals surface area contributed by atoms with Crippen molar-refractivity contribution in [1.82, 2.24) is 14.5 Å². The van der Waals surface area contributed by atoms with Gasteiger partial charge in [-0.15, -0.1) is 0 Å². The maximum atomic E-state index is 10.8. The lowest BCUT2D eigenvalue weighted by atomic mass is 9.84. The maximum Gasteiger partial charge on any atom is 0.303 e. The highest BCUT2D eigenvalue weighted by atomic mass is 16.4. The molecule has 0 aromatic carbocycles. The predicted molar refractivity (Wildman–Crippen MR) is 72.6 cm³/mol. The van der Waals surface area contributed by atoms with Gasteiger partial charge in [-0.2, -0.15) is 0 Å². The van der Waals surface area contributed by atoms with Gasteiger partial charge in [0.2, 0.25) is 0 Å². The van der Waals surface area contributed by atoms with Gasteiger partial charge in [-0.3, -0.25) is 9.69 Å². The fourth-order valence-electron chi connectivity index (χ4n) is 2.89. The molecule has 2 heterocycles. The van der Waals surface area contributed by atoms with Crippen molar-refractivity contribution in [2.45, 2.75) is 32.7 Å². The third kappa shape index (κ3) is 3.80. The highest BCUT2D eigenvalue weighted by Gasteiger charge is 2.26. The Balaban J connectivity index is 1.90. The number of carbonyl (C=O) groups is 1. The Kier molecular flexibility index (Phi) is 4.58. The number of piperidine rings is 1. The summed E-state index contributed by atoms with van der Waals surface area (Å²) in [5, 5.41) is 8.90. The summed E-state index contributed by atoms with van der Waals surface area (Å²) in [7, 11) is 2.01. The number of aryl methyl sites for hydroxylation is 1. The quantitative estimate of drug-likeness (QED) is 0.881. The Labute approximate surface area is 114 Å². The van der Waals surface area contributed by atoms with E-state index in [9.17, 15) is 4.79 Å². The van der Waals surface area contributed by atoms with Crippen LogP contribution in [0.2, 0.25) is 0 Å². The molecule has 2 atom stereocenters. The highest BCUT2D eigenvalue weighted by Crippen LogP contribution is 2.26. The number of hydrogen-bond donors (Lipinski definition) is 1. The molecule has 0 radical (unpaired) electrons. The summed E-state index contributed by atoms with van der Waals surface area (Å²) in [6, 6.07) is 0. The van der Waals surface area contributed by atoms with Crippen molar-refractivity contribution in [2.24, 2.45) is 18.9 Å². The van der Waals surface area contributed by atoms with Crippen molar-refractivity contribution in [3.05, 3.63) is 18.2 Å². The van der Waals surface area contributed by atoms with Gasteiger partial charge >= 0.3 is 5.97 Å². The van der Waals surface area contributed by atoms with E-state index in [2.05, 4.69) is 16.8 Å². The van der Waals surface area contributed by atoms with Crippen molar-refractivity contribution in [3.63, 3.8) is 0 Å². The summed E-state index contributed by atoms with van der Waals surface area (Å²) in [4.78, 5) is 17.6. The van der Waals surface area contributed by atoms with Crippen LogP contribution in [-0.2, 0) is 18.4 Å². The Morgan fingerprint density at radius 3 is 3.05 bits per heavy atom. The lowest BCUT2D eigenvalue weighted by molar-refractivity contribution is -0.138. The van der Waals surface area contributed by atoms with Gasteiger partial charge in [0.05, 0.1) is 6.54 Å². The lowest BCUT2D eigenvalue weighted by Gasteiger charge is -2.35. The molecule has 5 nitrogen and oxygen atoms in total. The van der Waals surface area contributed by atoms with Crippen LogP contribution in [-0.4, -0.2) is 38.6 Å². The molecule has 0 saturated carbocycles. The largest absolute Gasteiger partial charge is 0.481 e. The summed E-state index contributed by atoms with van der Waals surface area (Å²) in [5.41, 5.74) is 0. The second-order valence-electron chi connectivity index (χ2n) is 5.67. The molecule has 1 aliphatic heterocycles. The Bertz CT molecular complexity index is 430. The average Bonchev–Trinajstić information content (AvgIpc) is 2.75. The van der Waals surface area contributed by atoms with Crippen LogP contribution in [0.4, 0.5) is 0 Å². The van der Waals surface area contributed by atoms with Gasteiger partial charge in [-0.05, 0) is 31.2 Å². The minimum absolute atomic E-state index is 0.252. The number of aromatic nitrogens is 2. The van der Waals surface area contributed by atoms with Gasteiger partial charge in [0.25, 0.3) is 0 Å². The fourth-order valence-corrected chi connectivity index (χ4v) is 2.89. The first-order valence-electron chi connectivity index (χ1n) is 6.96. The highest BCUT2D eigenvalue weighted by molar-refractivity contribution is 5.67. The molecule has 1 saturated heterocycles. The van der Waals surface area contributed by atoms with Crippen LogP contribution in [0.15, 0.2) is 12.4 Å². The number of nitrogens with zero attached hydrogens (tertiary/aromatic N) is 3. The molecule has 106 valence electrons. The second kappa shape index (κ2) is 6.19. The number of aliphatic carboxylic acids is 1. The summed E-state index contributed by atoms with van der Waals surface area (Å²) < 4.78 is 2.05. The molecule has 5 heteroatoms. The van der Waals surface area contributed by atoms with Crippen molar-refractivity contribution < 1.29 is 9.90 Å². The molecule has 2 unspecified atom stereocenters. The van der Waals surface area contributed by atoms with Crippen molar-refractivity contribution in [2.75, 3.05) is 13.1 Å². The first-order valence-corrected chi connectivity index (χ1v) is 6.96. The van der Waals surface area contributed by atoms with Crippen LogP contribution in [0.5, 0.6) is 0 Å². The predicted octanol–water partition coefficient (Wildman–Crippen LogP) is 1.74. The van der Waals surface area contributed by atoms with E-state index in [1.807, 2.05) is 24.0 Å². The van der Waals surface area contributed by atoms with E-state index < -0.39 is 5.97 Å². The molecule has 1 N–H and O–H groups in total. The van der Waals surface area contributed by atoms with Crippen LogP contribution in [0.25, 0.3) is 0 Å². The molecule has 0 aliphatic carbocycles. The van der Waals surface area contributed by atoms with Gasteiger partial charge < -0.3 is 9.67 Å². The van der Waals surface area contributed by atoms with E-state index in [1.54, 1.807) is 0 Å². The van der Waals surface area contributed by atoms with E-state index in [0.29, 0.717) is 5.92 Å². The number of carboxylic acid groups (broad SMARTS) is 1. The van der Waals surface area contributed by atoms with E-state index >= 15 is 0 Å². The smallest absolute Gasteiger partial charge is 0.303 e. The van der Waals surface area contributed by atoms with E-state index in [4.69, 9.17) is 5.11 Å². The number of rotatable bonds is 5. The monoisotopic (exact) mass is 265 g/mol. The molecule has 1 aliphatic rings. The summed E-state index contributed by atoms with van der Waals surface area (Å²) in [6.45, 7) is 4.99. The van der Waals surface area contributed by atoms with Gasteiger partial charge in [0.1, 0.15) is 5.82 Å². The standard InChI is InChI=1S/C14H23N3O2/c1-11(8-14(18)19)12-4-3-6-17(9-12)10-13-15-5-7-16(13)2/h5,7,11-12H,3-4,6,8-10H2,1-2H3,(H,18,19). The molecule has 19 heavy (non-hydrogen) atoms. The van der Waals surface area contributed by atoms with Crippen molar-refractivity contribution in [3.8, 4) is 0 Å². The van der Waals surface area contributed by atoms with Gasteiger partial charge in [0, 0.05) is 32.4 Å². The van der Waals surface area contributed by atoms with Crippen LogP contribution < -0.4 is 0 Å². The van der Waals surface area contributed by atoms with Gasteiger partial charge in [-0.25, -0.2) is 4.98 Å². The Morgan fingerprint density at radius 2 is 2.42 bits per heavy atom. The normalized spacial score (nSPS) is 22.3. The zero-order valence-electron chi connectivity index (χ0n) is 11.7. The first kappa shape index (κ1) is 14.1. The molecule has 0 amide bonds. The van der Waals surface area contributed by atoms with Gasteiger partial charge in [0.15, 0.2) is 0 Å². The molecule has 1 aromatic rings. The number of imidazole rings is 1. The lowest BCUT2D eigenvalue weighted by Crippen LogP contribution is -2.38. The van der Waals surface area contributed by atoms with Gasteiger partial charge in [-0.1, -0.05) is 6.92 Å². The Hall–Kier alpha value is -1.36. The van der Waals surface area contributed by atoms with Crippen molar-refractivity contribution >= 4 is 5.97 Å². The second-order valence-corrected chi connectivity index (χ2v) is 5.67. The van der Waals surface area contributed by atoms with E-state index in [0.717, 1.165) is 38.3 Å². The Morgan fingerprint density at radius 1 is 1.63 bits per heavy atom. The number of hydrogen-bond acceptors (Lipinski definition) is 3. The molecule has 0 bridgehead atoms. The zero-order chi connectivity index (χ0) is 13.8. The van der Waals surface area contributed by atoms with E-state index in [1.165, 1.54) is 0 Å². The van der Waals surface area contributed by atoms with Crippen LogP contribution in [0.1, 0.15) is 32.0 Å². The molecule has 1 fully saturated rings. The topological polar surface area (TPSA) is 58.4 Å². The van der Waals surface area contributed by atoms with Crippen molar-refractivity contribution in [1.29, 1.82) is 0 Å². The molecule has 0 spiro atoms. The third-order valence-electron chi connectivity index (χ3n) is 4.13. The SMILES string of the molecule is CC(CC(=O)O)C1CCCN(Cc2nccn2C)C1. The van der Waals surface area contributed by atoms with Crippen LogP contribution in [0.3, 0.4) is 0 Å². The summed E-state index contributed by atoms with van der Waals surface area (Å²) in [5.74, 6) is 1.13. The summed E-state index contributed by atoms with van der Waals surface area (Å²) in [6.07, 6.45) is 6.36. The molecular weight excluding hydrogens is 242 g/mol. The molecular formula is C14H23N3O2. The van der Waals surface area contributed by atoms with Crippen LogP contribution in [0, 0.1) is 11.8 Å². The number of carboxylic acids is 1. The first-order chi connectivity index (χ1) is 9.06. The number of likely N-dealkylation sites (tertiary alicyclic amines) is 1. The fraction of sp³-hybridized carbons (Fsp3) is 0.714. The third-order valence-corrected chi connectivity index (χ3v) is 4.13. The minimum atomic E-state index is -0.686. The zero-order valence-corrected chi connectivity index (χ0v) is 11.7. The van der Waals surface area contributed by atoms with E-state index in [-0.39, 0.29) is 12.3 Å². The summed E-state index contributed by atoms with van der Waals surface area (Å²) >= 11 is 0. The average molecular weight is 265 g/mol. The maximum absolute atomic E-state index is 10.8. The molecule has 2 rings (SSSR count). The minimum Gasteiger partial charge on any atom is -0.481 e. The van der Waals surface area contributed by atoms with Crippen LogP contribution >= 0.6 is 0 Å².